The number of hydrogen-bond acceptors (Lipinski definition) is 3. The third-order valence-electron chi connectivity index (χ3n) is 3.11. The van der Waals surface area contributed by atoms with Gasteiger partial charge in [-0.15, -0.1) is 0 Å². The van der Waals surface area contributed by atoms with Crippen LogP contribution in [0.2, 0.25) is 0 Å². The van der Waals surface area contributed by atoms with Crippen LogP contribution in [0.25, 0.3) is 0 Å². The molecule has 3 nitrogen and oxygen atoms in total. The smallest absolute Gasteiger partial charge is 0.141 e. The first-order chi connectivity index (χ1) is 6.53. The lowest BCUT2D eigenvalue weighted by Crippen LogP contribution is -2.29. The van der Waals surface area contributed by atoms with E-state index in [0.29, 0.717) is 17.9 Å². The summed E-state index contributed by atoms with van der Waals surface area (Å²) in [4.78, 5) is 0. The average Bonchev–Trinajstić information content (AvgIpc) is 2.44. The first-order valence-corrected chi connectivity index (χ1v) is 5.18. The van der Waals surface area contributed by atoms with Gasteiger partial charge in [-0.2, -0.15) is 0 Å². The van der Waals surface area contributed by atoms with E-state index in [1.165, 1.54) is 5.56 Å². The molecule has 1 aliphatic rings. The molecule has 1 unspecified atom stereocenters. The molecule has 0 saturated heterocycles. The summed E-state index contributed by atoms with van der Waals surface area (Å²) in [7, 11) is 0. The molecule has 2 N–H and O–H groups in total. The van der Waals surface area contributed by atoms with E-state index in [1.807, 2.05) is 6.92 Å². The monoisotopic (exact) mass is 194 g/mol. The summed E-state index contributed by atoms with van der Waals surface area (Å²) in [5.74, 6) is 1.48. The molecule has 0 radical (unpaired) electrons. The molecule has 1 atom stereocenters. The zero-order chi connectivity index (χ0) is 10.3. The molecular formula is C11H18N2O. The Bertz CT molecular complexity index is 341. The van der Waals surface area contributed by atoms with Gasteiger partial charge in [0.05, 0.1) is 5.69 Å². The van der Waals surface area contributed by atoms with Gasteiger partial charge in [0.15, 0.2) is 0 Å². The van der Waals surface area contributed by atoms with Gasteiger partial charge in [-0.05, 0) is 25.3 Å². The Morgan fingerprint density at radius 3 is 2.93 bits per heavy atom. The second kappa shape index (κ2) is 3.09. The maximum atomic E-state index is 5.80. The highest BCUT2D eigenvalue weighted by atomic mass is 16.5. The number of nitrogens with zero attached hydrogens (tertiary/aromatic N) is 1. The van der Waals surface area contributed by atoms with Crippen LogP contribution < -0.4 is 5.73 Å². The molecule has 2 rings (SSSR count). The van der Waals surface area contributed by atoms with Crippen molar-refractivity contribution in [1.29, 1.82) is 0 Å². The van der Waals surface area contributed by atoms with Crippen molar-refractivity contribution < 1.29 is 4.52 Å². The van der Waals surface area contributed by atoms with E-state index in [2.05, 4.69) is 19.0 Å². The number of rotatable bonds is 1. The molecule has 0 aliphatic heterocycles. The van der Waals surface area contributed by atoms with Crippen molar-refractivity contribution in [3.05, 3.63) is 17.0 Å². The van der Waals surface area contributed by atoms with Gasteiger partial charge < -0.3 is 10.3 Å². The van der Waals surface area contributed by atoms with Crippen LogP contribution in [-0.4, -0.2) is 11.7 Å². The van der Waals surface area contributed by atoms with Gasteiger partial charge in [-0.1, -0.05) is 19.0 Å². The standard InChI is InChI=1S/C11H18N2O/c1-7-10-8(6-12)4-11(2,3)5-9(10)14-13-7/h8H,4-6,12H2,1-3H3. The summed E-state index contributed by atoms with van der Waals surface area (Å²) >= 11 is 0. The van der Waals surface area contributed by atoms with Gasteiger partial charge in [0.25, 0.3) is 0 Å². The third-order valence-corrected chi connectivity index (χ3v) is 3.11. The summed E-state index contributed by atoms with van der Waals surface area (Å²) in [6.07, 6.45) is 2.12. The molecule has 1 aromatic rings. The third kappa shape index (κ3) is 1.46. The van der Waals surface area contributed by atoms with Crippen LogP contribution >= 0.6 is 0 Å². The first kappa shape index (κ1) is 9.71. The zero-order valence-electron chi connectivity index (χ0n) is 9.13. The number of fused-ring (bicyclic) bond motifs is 1. The van der Waals surface area contributed by atoms with Crippen molar-refractivity contribution in [3.63, 3.8) is 0 Å². The van der Waals surface area contributed by atoms with E-state index in [1.54, 1.807) is 0 Å². The second-order valence-electron chi connectivity index (χ2n) is 5.08. The van der Waals surface area contributed by atoms with E-state index < -0.39 is 0 Å². The van der Waals surface area contributed by atoms with Crippen molar-refractivity contribution in [1.82, 2.24) is 5.16 Å². The lowest BCUT2D eigenvalue weighted by atomic mass is 9.71. The predicted molar refractivity (Wildman–Crippen MR) is 55.1 cm³/mol. The highest BCUT2D eigenvalue weighted by molar-refractivity contribution is 5.30. The SMILES string of the molecule is Cc1noc2c1C(CN)CC(C)(C)C2. The normalized spacial score (nSPS) is 24.7. The molecule has 1 aliphatic carbocycles. The molecule has 0 bridgehead atoms. The van der Waals surface area contributed by atoms with Gasteiger partial charge in [-0.3, -0.25) is 0 Å². The minimum absolute atomic E-state index is 0.295. The number of nitrogens with two attached hydrogens (primary N) is 1. The molecule has 0 aromatic carbocycles. The van der Waals surface area contributed by atoms with Gasteiger partial charge in [0, 0.05) is 17.9 Å². The second-order valence-corrected chi connectivity index (χ2v) is 5.08. The zero-order valence-corrected chi connectivity index (χ0v) is 9.13. The van der Waals surface area contributed by atoms with E-state index in [9.17, 15) is 0 Å². The fourth-order valence-electron chi connectivity index (χ4n) is 2.55. The molecule has 0 saturated carbocycles. The minimum Gasteiger partial charge on any atom is -0.361 e. The van der Waals surface area contributed by atoms with E-state index >= 15 is 0 Å². The van der Waals surface area contributed by atoms with Gasteiger partial charge in [-0.25, -0.2) is 0 Å². The van der Waals surface area contributed by atoms with Crippen molar-refractivity contribution in [2.45, 2.75) is 39.5 Å². The van der Waals surface area contributed by atoms with Crippen molar-refractivity contribution in [2.75, 3.05) is 6.54 Å². The molecule has 0 amide bonds. The molecular weight excluding hydrogens is 176 g/mol. The topological polar surface area (TPSA) is 52.0 Å². The minimum atomic E-state index is 0.295. The number of aromatic nitrogens is 1. The Labute approximate surface area is 84.7 Å². The predicted octanol–water partition coefficient (Wildman–Crippen LogP) is 2.00. The Kier molecular flexibility index (Phi) is 2.14. The lowest BCUT2D eigenvalue weighted by molar-refractivity contribution is 0.242. The summed E-state index contributed by atoms with van der Waals surface area (Å²) in [6.45, 7) is 7.22. The van der Waals surface area contributed by atoms with Crippen molar-refractivity contribution in [2.24, 2.45) is 11.1 Å². The first-order valence-electron chi connectivity index (χ1n) is 5.18. The highest BCUT2D eigenvalue weighted by Crippen LogP contribution is 2.42. The number of hydrogen-bond donors (Lipinski definition) is 1. The molecule has 0 spiro atoms. The summed E-state index contributed by atoms with van der Waals surface area (Å²) in [5.41, 5.74) is 8.38. The molecule has 1 heterocycles. The van der Waals surface area contributed by atoms with Crippen LogP contribution in [0, 0.1) is 12.3 Å². The summed E-state index contributed by atoms with van der Waals surface area (Å²) < 4.78 is 5.35. The Hall–Kier alpha value is -0.830. The summed E-state index contributed by atoms with van der Waals surface area (Å²) in [6, 6.07) is 0. The van der Waals surface area contributed by atoms with Crippen LogP contribution in [0.1, 0.15) is 43.2 Å². The lowest BCUT2D eigenvalue weighted by Gasteiger charge is -2.33. The maximum Gasteiger partial charge on any atom is 0.141 e. The van der Waals surface area contributed by atoms with Crippen LogP contribution in [0.15, 0.2) is 4.52 Å². The van der Waals surface area contributed by atoms with Crippen LogP contribution in [0.5, 0.6) is 0 Å². The Morgan fingerprint density at radius 2 is 2.29 bits per heavy atom. The fraction of sp³-hybridized carbons (Fsp3) is 0.727. The molecule has 1 aromatic heterocycles. The van der Waals surface area contributed by atoms with E-state index in [4.69, 9.17) is 10.3 Å². The quantitative estimate of drug-likeness (QED) is 0.744. The Balaban J connectivity index is 2.43. The van der Waals surface area contributed by atoms with Crippen LogP contribution in [-0.2, 0) is 6.42 Å². The Morgan fingerprint density at radius 1 is 1.57 bits per heavy atom. The fourth-order valence-corrected chi connectivity index (χ4v) is 2.55. The molecule has 0 fully saturated rings. The maximum absolute atomic E-state index is 5.80. The van der Waals surface area contributed by atoms with E-state index in [-0.39, 0.29) is 0 Å². The molecule has 78 valence electrons. The molecule has 3 heteroatoms. The van der Waals surface area contributed by atoms with Gasteiger partial charge in [0.1, 0.15) is 5.76 Å². The van der Waals surface area contributed by atoms with Crippen molar-refractivity contribution >= 4 is 0 Å². The average molecular weight is 194 g/mol. The largest absolute Gasteiger partial charge is 0.361 e. The van der Waals surface area contributed by atoms with Crippen LogP contribution in [0.4, 0.5) is 0 Å². The van der Waals surface area contributed by atoms with E-state index in [0.717, 1.165) is 24.3 Å². The van der Waals surface area contributed by atoms with Gasteiger partial charge in [0.2, 0.25) is 0 Å². The highest BCUT2D eigenvalue weighted by Gasteiger charge is 2.35. The van der Waals surface area contributed by atoms with Gasteiger partial charge >= 0.3 is 0 Å². The number of aryl methyl sites for hydroxylation is 1. The van der Waals surface area contributed by atoms with Crippen LogP contribution in [0.3, 0.4) is 0 Å². The summed E-state index contributed by atoms with van der Waals surface area (Å²) in [5, 5.41) is 4.03. The molecule has 14 heavy (non-hydrogen) atoms. The van der Waals surface area contributed by atoms with Crippen molar-refractivity contribution in [3.8, 4) is 0 Å².